The number of nitrogens with zero attached hydrogens (tertiary/aromatic N) is 1. The maximum absolute atomic E-state index is 13.3. The van der Waals surface area contributed by atoms with Crippen molar-refractivity contribution in [3.05, 3.63) is 113 Å². The van der Waals surface area contributed by atoms with E-state index in [1.165, 1.54) is 23.1 Å². The molecule has 0 bridgehead atoms. The smallest absolute Gasteiger partial charge is 0.311 e. The van der Waals surface area contributed by atoms with E-state index in [9.17, 15) is 19.2 Å². The summed E-state index contributed by atoms with van der Waals surface area (Å²) in [5, 5.41) is 10.4. The molecular weight excluding hydrogens is 572 g/mol. The van der Waals surface area contributed by atoms with Crippen molar-refractivity contribution in [1.29, 1.82) is 0 Å². The molecule has 42 heavy (non-hydrogen) atoms. The van der Waals surface area contributed by atoms with E-state index in [2.05, 4.69) is 20.9 Å². The molecule has 0 unspecified atom stereocenters. The third kappa shape index (κ3) is 9.43. The molecule has 0 spiro atoms. The second kappa shape index (κ2) is 15.3. The van der Waals surface area contributed by atoms with Crippen LogP contribution in [0.3, 0.4) is 0 Å². The minimum Gasteiger partial charge on any atom is -0.466 e. The van der Waals surface area contributed by atoms with Crippen molar-refractivity contribution in [1.82, 2.24) is 10.3 Å². The van der Waals surface area contributed by atoms with Crippen molar-refractivity contribution in [2.45, 2.75) is 18.2 Å². The molecule has 4 rings (SSSR count). The largest absolute Gasteiger partial charge is 0.466 e. The quantitative estimate of drug-likeness (QED) is 0.113. The summed E-state index contributed by atoms with van der Waals surface area (Å²) < 4.78 is 4.92. The van der Waals surface area contributed by atoms with E-state index < -0.39 is 11.8 Å². The molecule has 3 N–H and O–H groups in total. The number of ether oxygens (including phenoxy) is 1. The van der Waals surface area contributed by atoms with Gasteiger partial charge in [0.1, 0.15) is 5.70 Å². The number of rotatable bonds is 12. The van der Waals surface area contributed by atoms with Gasteiger partial charge in [0.15, 0.2) is 5.13 Å². The van der Waals surface area contributed by atoms with Crippen LogP contribution < -0.4 is 16.0 Å². The van der Waals surface area contributed by atoms with Crippen LogP contribution in [0.4, 0.5) is 10.8 Å². The van der Waals surface area contributed by atoms with Gasteiger partial charge in [-0.1, -0.05) is 54.6 Å². The number of carbonyl (C=O) groups is 4. The number of benzene rings is 3. The number of aromatic nitrogens is 1. The Kier molecular flexibility index (Phi) is 11.0. The highest BCUT2D eigenvalue weighted by atomic mass is 32.2. The lowest BCUT2D eigenvalue weighted by Gasteiger charge is -2.12. The first-order valence-corrected chi connectivity index (χ1v) is 14.8. The van der Waals surface area contributed by atoms with Crippen molar-refractivity contribution < 1.29 is 23.9 Å². The molecule has 3 amide bonds. The number of carbonyl (C=O) groups excluding carboxylic acids is 4. The van der Waals surface area contributed by atoms with Crippen molar-refractivity contribution in [2.75, 3.05) is 23.0 Å². The standard InChI is InChI=1S/C31H28N4O5S2/c1-2-40-28(37)18-24-19-42-31(33-24)35-27(36)20-41-25-15-9-14-23(17-25)32-30(39)26(16-21-10-5-3-6-11-21)34-29(38)22-12-7-4-8-13-22/h3-17,19H,2,18,20H2,1H3,(H,32,39)(H,34,38)(H,33,35,36)/b26-16-. The highest BCUT2D eigenvalue weighted by Gasteiger charge is 2.16. The van der Waals surface area contributed by atoms with E-state index in [4.69, 9.17) is 4.74 Å². The second-order valence-electron chi connectivity index (χ2n) is 8.73. The summed E-state index contributed by atoms with van der Waals surface area (Å²) in [6.07, 6.45) is 1.65. The van der Waals surface area contributed by atoms with Gasteiger partial charge in [-0.2, -0.15) is 0 Å². The van der Waals surface area contributed by atoms with Gasteiger partial charge in [-0.15, -0.1) is 23.1 Å². The third-order valence-corrected chi connectivity index (χ3v) is 7.33. The predicted molar refractivity (Wildman–Crippen MR) is 165 cm³/mol. The number of anilines is 2. The molecule has 0 radical (unpaired) electrons. The van der Waals surface area contributed by atoms with Gasteiger partial charge in [-0.3, -0.25) is 19.2 Å². The molecule has 0 atom stereocenters. The van der Waals surface area contributed by atoms with E-state index in [0.717, 1.165) is 10.5 Å². The predicted octanol–water partition coefficient (Wildman–Crippen LogP) is 5.39. The Bertz CT molecular complexity index is 1570. The first kappa shape index (κ1) is 30.2. The molecule has 214 valence electrons. The number of hydrogen-bond donors (Lipinski definition) is 3. The molecule has 0 saturated carbocycles. The highest BCUT2D eigenvalue weighted by Crippen LogP contribution is 2.23. The van der Waals surface area contributed by atoms with E-state index in [1.807, 2.05) is 42.5 Å². The van der Waals surface area contributed by atoms with E-state index in [1.54, 1.807) is 60.8 Å². The first-order chi connectivity index (χ1) is 20.4. The average Bonchev–Trinajstić information content (AvgIpc) is 3.43. The van der Waals surface area contributed by atoms with Crippen molar-refractivity contribution in [3.8, 4) is 0 Å². The van der Waals surface area contributed by atoms with Crippen molar-refractivity contribution in [3.63, 3.8) is 0 Å². The van der Waals surface area contributed by atoms with E-state index in [-0.39, 0.29) is 29.7 Å². The number of amides is 3. The topological polar surface area (TPSA) is 126 Å². The Morgan fingerprint density at radius 3 is 2.40 bits per heavy atom. The van der Waals surface area contributed by atoms with Crippen LogP contribution in [0.1, 0.15) is 28.5 Å². The lowest BCUT2D eigenvalue weighted by atomic mass is 10.1. The normalized spacial score (nSPS) is 10.9. The molecule has 0 fully saturated rings. The number of nitrogens with one attached hydrogen (secondary N) is 3. The van der Waals surface area contributed by atoms with Crippen LogP contribution in [-0.4, -0.2) is 41.0 Å². The van der Waals surface area contributed by atoms with Crippen LogP contribution in [0.2, 0.25) is 0 Å². The van der Waals surface area contributed by atoms with Crippen LogP contribution in [0.15, 0.2) is 101 Å². The highest BCUT2D eigenvalue weighted by molar-refractivity contribution is 8.00. The summed E-state index contributed by atoms with van der Waals surface area (Å²) >= 11 is 2.52. The van der Waals surface area contributed by atoms with Crippen LogP contribution in [0.25, 0.3) is 6.08 Å². The molecule has 1 aromatic heterocycles. The molecular formula is C31H28N4O5S2. The molecule has 1 heterocycles. The molecule has 4 aromatic rings. The molecule has 11 heteroatoms. The summed E-state index contributed by atoms with van der Waals surface area (Å²) in [4.78, 5) is 55.2. The van der Waals surface area contributed by atoms with Crippen LogP contribution in [-0.2, 0) is 25.5 Å². The molecule has 3 aromatic carbocycles. The average molecular weight is 601 g/mol. The summed E-state index contributed by atoms with van der Waals surface area (Å²) in [6, 6.07) is 24.9. The SMILES string of the molecule is CCOC(=O)Cc1csc(NC(=O)CSc2cccc(NC(=O)/C(=C/c3ccccc3)NC(=O)c3ccccc3)c2)n1. The molecule has 0 saturated heterocycles. The Morgan fingerprint density at radius 2 is 1.67 bits per heavy atom. The van der Waals surface area contributed by atoms with E-state index in [0.29, 0.717) is 28.7 Å². The number of esters is 1. The fourth-order valence-electron chi connectivity index (χ4n) is 3.63. The van der Waals surface area contributed by atoms with Crippen LogP contribution in [0.5, 0.6) is 0 Å². The van der Waals surface area contributed by atoms with E-state index >= 15 is 0 Å². The van der Waals surface area contributed by atoms with Gasteiger partial charge in [0.2, 0.25) is 5.91 Å². The fraction of sp³-hybridized carbons (Fsp3) is 0.129. The Labute approximate surface area is 251 Å². The van der Waals surface area contributed by atoms with Crippen molar-refractivity contribution in [2.24, 2.45) is 0 Å². The minimum atomic E-state index is -0.495. The summed E-state index contributed by atoms with van der Waals surface area (Å²) in [5.74, 6) is -1.43. The molecule has 0 aliphatic heterocycles. The lowest BCUT2D eigenvalue weighted by Crippen LogP contribution is -2.30. The minimum absolute atomic E-state index is 0.0473. The zero-order valence-electron chi connectivity index (χ0n) is 22.7. The maximum atomic E-state index is 13.3. The third-order valence-electron chi connectivity index (χ3n) is 5.53. The maximum Gasteiger partial charge on any atom is 0.311 e. The Morgan fingerprint density at radius 1 is 0.929 bits per heavy atom. The van der Waals surface area contributed by atoms with Gasteiger partial charge >= 0.3 is 5.97 Å². The zero-order valence-corrected chi connectivity index (χ0v) is 24.3. The Hall–Kier alpha value is -4.74. The fourth-order valence-corrected chi connectivity index (χ4v) is 5.11. The number of thioether (sulfide) groups is 1. The Balaban J connectivity index is 1.37. The monoisotopic (exact) mass is 600 g/mol. The molecule has 0 aliphatic rings. The molecule has 0 aliphatic carbocycles. The summed E-state index contributed by atoms with van der Waals surface area (Å²) in [6.45, 7) is 2.03. The van der Waals surface area contributed by atoms with Gasteiger partial charge < -0.3 is 20.7 Å². The molecule has 9 nitrogen and oxygen atoms in total. The second-order valence-corrected chi connectivity index (χ2v) is 10.6. The van der Waals surface area contributed by atoms with Gasteiger partial charge in [-0.25, -0.2) is 4.98 Å². The number of thiazole rings is 1. The summed E-state index contributed by atoms with van der Waals surface area (Å²) in [7, 11) is 0. The summed E-state index contributed by atoms with van der Waals surface area (Å²) in [5.41, 5.74) is 2.29. The first-order valence-electron chi connectivity index (χ1n) is 13.0. The van der Waals surface area contributed by atoms with Gasteiger partial charge in [0, 0.05) is 21.5 Å². The van der Waals surface area contributed by atoms with Crippen LogP contribution in [0, 0.1) is 0 Å². The van der Waals surface area contributed by atoms with Crippen molar-refractivity contribution >= 4 is 63.7 Å². The number of hydrogen-bond acceptors (Lipinski definition) is 8. The van der Waals surface area contributed by atoms with Gasteiger partial charge in [0.25, 0.3) is 11.8 Å². The van der Waals surface area contributed by atoms with Gasteiger partial charge in [-0.05, 0) is 48.9 Å². The zero-order chi connectivity index (χ0) is 29.7. The van der Waals surface area contributed by atoms with Crippen LogP contribution >= 0.6 is 23.1 Å². The van der Waals surface area contributed by atoms with Gasteiger partial charge in [0.05, 0.1) is 24.5 Å². The lowest BCUT2D eigenvalue weighted by molar-refractivity contribution is -0.142.